The number of amides is 1. The molecule has 4 aliphatic rings. The minimum Gasteiger partial charge on any atom is -1.00 e. The lowest BCUT2D eigenvalue weighted by atomic mass is 9.67. The molecule has 1 saturated carbocycles. The van der Waals surface area contributed by atoms with Crippen molar-refractivity contribution in [2.75, 3.05) is 33.4 Å². The molecule has 38 heavy (non-hydrogen) atoms. The maximum atomic E-state index is 14.7. The maximum Gasteiger partial charge on any atom is 0.232 e. The molecule has 6 rings (SSSR count). The minimum atomic E-state index is -0.190. The molecule has 3 fully saturated rings. The van der Waals surface area contributed by atoms with E-state index in [0.29, 0.717) is 37.0 Å². The van der Waals surface area contributed by atoms with Gasteiger partial charge < -0.3 is 32.1 Å². The number of nitrogens with two attached hydrogens (primary N) is 1. The molecule has 2 N–H and O–H groups in total. The molecular formula is C32H43ClN2O3. The number of piperidine rings is 1. The fourth-order valence-corrected chi connectivity index (χ4v) is 8.19. The van der Waals surface area contributed by atoms with E-state index in [-0.39, 0.29) is 23.7 Å². The van der Waals surface area contributed by atoms with Gasteiger partial charge in [0, 0.05) is 24.8 Å². The average Bonchev–Trinajstić information content (AvgIpc) is 3.30. The summed E-state index contributed by atoms with van der Waals surface area (Å²) in [5.74, 6) is 2.46. The zero-order valence-electron chi connectivity index (χ0n) is 22.7. The number of likely N-dealkylation sites (tertiary alicyclic amines) is 1. The van der Waals surface area contributed by atoms with E-state index >= 15 is 0 Å². The van der Waals surface area contributed by atoms with Gasteiger partial charge in [-0.3, -0.25) is 4.79 Å². The highest BCUT2D eigenvalue weighted by molar-refractivity contribution is 5.82. The summed E-state index contributed by atoms with van der Waals surface area (Å²) in [5, 5.41) is 2.38. The molecule has 206 valence electrons. The molecule has 2 aromatic carbocycles. The molecule has 2 aromatic rings. The largest absolute Gasteiger partial charge is 1.00 e. The van der Waals surface area contributed by atoms with Crippen LogP contribution in [0.3, 0.4) is 0 Å². The molecule has 1 unspecified atom stereocenters. The molecule has 3 heterocycles. The first-order chi connectivity index (χ1) is 18.2. The van der Waals surface area contributed by atoms with E-state index in [1.807, 2.05) is 6.07 Å². The van der Waals surface area contributed by atoms with Crippen molar-refractivity contribution in [1.82, 2.24) is 4.90 Å². The Morgan fingerprint density at radius 1 is 1.05 bits per heavy atom. The Morgan fingerprint density at radius 2 is 1.87 bits per heavy atom. The number of carbonyl (C=O) groups is 1. The summed E-state index contributed by atoms with van der Waals surface area (Å²) in [6.45, 7) is 3.95. The number of rotatable bonds is 4. The number of carbonyl (C=O) groups excluding carboxylic acids is 1. The first-order valence-electron chi connectivity index (χ1n) is 14.6. The zero-order chi connectivity index (χ0) is 25.2. The lowest BCUT2D eigenvalue weighted by Gasteiger charge is -2.46. The number of hydrogen-bond donors (Lipinski definition) is 1. The van der Waals surface area contributed by atoms with Gasteiger partial charge in [0.1, 0.15) is 11.7 Å². The van der Waals surface area contributed by atoms with Gasteiger partial charge in [-0.15, -0.1) is 0 Å². The smallest absolute Gasteiger partial charge is 0.232 e. The van der Waals surface area contributed by atoms with Gasteiger partial charge in [0.2, 0.25) is 5.91 Å². The normalized spacial score (nSPS) is 29.8. The SMILES string of the molecule is COc1cccc2c1COCC[C@]21C[NH2+]CC1C(=O)N1CC[C@@H](c2ccccc2)C[C@H]1C1CCCCC1.[Cl-]. The molecule has 3 aliphatic heterocycles. The number of quaternary nitrogens is 1. The van der Waals surface area contributed by atoms with Gasteiger partial charge >= 0.3 is 0 Å². The lowest BCUT2D eigenvalue weighted by Crippen LogP contribution is -3.00. The summed E-state index contributed by atoms with van der Waals surface area (Å²) in [5.41, 5.74) is 3.68. The van der Waals surface area contributed by atoms with Gasteiger partial charge in [0.05, 0.1) is 32.2 Å². The highest BCUT2D eigenvalue weighted by Gasteiger charge is 2.55. The third kappa shape index (κ3) is 4.98. The van der Waals surface area contributed by atoms with Crippen LogP contribution in [0.25, 0.3) is 0 Å². The molecule has 1 amide bonds. The van der Waals surface area contributed by atoms with Crippen molar-refractivity contribution in [1.29, 1.82) is 0 Å². The Bertz CT molecular complexity index is 1090. The van der Waals surface area contributed by atoms with Crippen molar-refractivity contribution in [3.63, 3.8) is 0 Å². The molecule has 0 aromatic heterocycles. The number of nitrogens with zero attached hydrogens (tertiary/aromatic N) is 1. The lowest BCUT2D eigenvalue weighted by molar-refractivity contribution is -0.640. The van der Waals surface area contributed by atoms with Gasteiger partial charge in [-0.25, -0.2) is 0 Å². The third-order valence-corrected chi connectivity index (χ3v) is 10.1. The number of benzene rings is 2. The maximum absolute atomic E-state index is 14.7. The summed E-state index contributed by atoms with van der Waals surface area (Å²) in [6, 6.07) is 17.8. The number of methoxy groups -OCH3 is 1. The van der Waals surface area contributed by atoms with E-state index in [2.05, 4.69) is 52.7 Å². The van der Waals surface area contributed by atoms with E-state index in [1.54, 1.807) is 7.11 Å². The van der Waals surface area contributed by atoms with Gasteiger partial charge in [0.15, 0.2) is 0 Å². The topological polar surface area (TPSA) is 55.4 Å². The van der Waals surface area contributed by atoms with Crippen LogP contribution in [-0.4, -0.2) is 50.2 Å². The Balaban J connectivity index is 0.00000294. The molecule has 6 heteroatoms. The molecule has 1 aliphatic carbocycles. The standard InChI is InChI=1S/C32H42N2O3.ClH/c1-36-30-14-8-13-27-26(30)21-37-18-16-32(27)22-33-20-28(32)31(35)34-17-15-25(23-9-4-2-5-10-23)19-29(34)24-11-6-3-7-12-24;/h2,4-5,8-10,13-14,24-25,28-29,33H,3,6-7,11-12,15-22H2,1H3;1H/t25-,28?,29+,32+;/m1./s1. The molecule has 0 bridgehead atoms. The van der Waals surface area contributed by atoms with Gasteiger partial charge in [-0.1, -0.05) is 61.7 Å². The molecule has 2 saturated heterocycles. The van der Waals surface area contributed by atoms with Gasteiger partial charge in [0.25, 0.3) is 0 Å². The van der Waals surface area contributed by atoms with Crippen molar-refractivity contribution < 1.29 is 32.0 Å². The Morgan fingerprint density at radius 3 is 2.66 bits per heavy atom. The van der Waals surface area contributed by atoms with E-state index in [4.69, 9.17) is 9.47 Å². The average molecular weight is 539 g/mol. The van der Waals surface area contributed by atoms with Crippen LogP contribution >= 0.6 is 0 Å². The van der Waals surface area contributed by atoms with Crippen LogP contribution in [-0.2, 0) is 21.6 Å². The van der Waals surface area contributed by atoms with Crippen LogP contribution in [0.1, 0.15) is 74.0 Å². The first-order valence-corrected chi connectivity index (χ1v) is 14.6. The second-order valence-electron chi connectivity index (χ2n) is 11.9. The van der Waals surface area contributed by atoms with Crippen molar-refractivity contribution >= 4 is 5.91 Å². The van der Waals surface area contributed by atoms with Crippen LogP contribution in [0.2, 0.25) is 0 Å². The van der Waals surface area contributed by atoms with E-state index in [9.17, 15) is 4.79 Å². The molecule has 4 atom stereocenters. The number of fused-ring (bicyclic) bond motifs is 2. The van der Waals surface area contributed by atoms with E-state index in [1.165, 1.54) is 43.2 Å². The minimum absolute atomic E-state index is 0. The second kappa shape index (κ2) is 12.0. The van der Waals surface area contributed by atoms with Crippen molar-refractivity contribution in [3.8, 4) is 5.75 Å². The van der Waals surface area contributed by atoms with E-state index < -0.39 is 0 Å². The Hall–Kier alpha value is -2.08. The second-order valence-corrected chi connectivity index (χ2v) is 11.9. The van der Waals surface area contributed by atoms with Crippen molar-refractivity contribution in [2.45, 2.75) is 75.3 Å². The van der Waals surface area contributed by atoms with Crippen molar-refractivity contribution in [3.05, 3.63) is 65.2 Å². The number of hydrogen-bond acceptors (Lipinski definition) is 3. The third-order valence-electron chi connectivity index (χ3n) is 10.1. The Kier molecular flexibility index (Phi) is 8.66. The number of ether oxygens (including phenoxy) is 2. The van der Waals surface area contributed by atoms with Crippen LogP contribution in [0.15, 0.2) is 48.5 Å². The highest BCUT2D eigenvalue weighted by atomic mass is 35.5. The summed E-state index contributed by atoms with van der Waals surface area (Å²) in [4.78, 5) is 17.0. The summed E-state index contributed by atoms with van der Waals surface area (Å²) in [7, 11) is 1.74. The monoisotopic (exact) mass is 538 g/mol. The summed E-state index contributed by atoms with van der Waals surface area (Å²) >= 11 is 0. The van der Waals surface area contributed by atoms with Crippen LogP contribution in [0.5, 0.6) is 5.75 Å². The first kappa shape index (κ1) is 27.5. The van der Waals surface area contributed by atoms with Crippen LogP contribution in [0, 0.1) is 11.8 Å². The zero-order valence-corrected chi connectivity index (χ0v) is 23.5. The van der Waals surface area contributed by atoms with Crippen molar-refractivity contribution in [2.24, 2.45) is 11.8 Å². The molecule has 0 radical (unpaired) electrons. The fourth-order valence-electron chi connectivity index (χ4n) is 8.19. The summed E-state index contributed by atoms with van der Waals surface area (Å²) < 4.78 is 11.8. The predicted molar refractivity (Wildman–Crippen MR) is 145 cm³/mol. The number of halogens is 1. The predicted octanol–water partition coefficient (Wildman–Crippen LogP) is 1.41. The quantitative estimate of drug-likeness (QED) is 0.640. The Labute approximate surface area is 234 Å². The molecule has 1 spiro atoms. The molecular weight excluding hydrogens is 496 g/mol. The van der Waals surface area contributed by atoms with E-state index in [0.717, 1.165) is 50.2 Å². The van der Waals surface area contributed by atoms with Gasteiger partial charge in [-0.05, 0) is 61.1 Å². The molecule has 5 nitrogen and oxygen atoms in total. The highest BCUT2D eigenvalue weighted by Crippen LogP contribution is 2.46. The fraction of sp³-hybridized carbons (Fsp3) is 0.594. The summed E-state index contributed by atoms with van der Waals surface area (Å²) in [6.07, 6.45) is 9.58. The van der Waals surface area contributed by atoms with Gasteiger partial charge in [-0.2, -0.15) is 0 Å². The van der Waals surface area contributed by atoms with Crippen LogP contribution < -0.4 is 22.5 Å². The van der Waals surface area contributed by atoms with Crippen LogP contribution in [0.4, 0.5) is 0 Å².